The zero-order valence-corrected chi connectivity index (χ0v) is 17.5. The predicted molar refractivity (Wildman–Crippen MR) is 113 cm³/mol. The van der Waals surface area contributed by atoms with E-state index in [4.69, 9.17) is 11.6 Å². The highest BCUT2D eigenvalue weighted by molar-refractivity contribution is 8.38. The summed E-state index contributed by atoms with van der Waals surface area (Å²) in [7, 11) is -3.86. The molecule has 0 aliphatic carbocycles. The summed E-state index contributed by atoms with van der Waals surface area (Å²) >= 11 is 8.91. The second kappa shape index (κ2) is 7.64. The normalized spacial score (nSPS) is 11.7. The van der Waals surface area contributed by atoms with E-state index < -0.39 is 10.0 Å². The lowest BCUT2D eigenvalue weighted by atomic mass is 10.2. The molecule has 9 heteroatoms. The first kappa shape index (κ1) is 19.3. The van der Waals surface area contributed by atoms with Crippen LogP contribution >= 0.6 is 35.1 Å². The van der Waals surface area contributed by atoms with Gasteiger partial charge in [-0.3, -0.25) is 0 Å². The number of benzene rings is 2. The van der Waals surface area contributed by atoms with Crippen molar-refractivity contribution < 1.29 is 8.42 Å². The summed E-state index contributed by atoms with van der Waals surface area (Å²) in [5.74, 6) is 0.113. The zero-order valence-electron chi connectivity index (χ0n) is 14.3. The van der Waals surface area contributed by atoms with E-state index in [0.717, 1.165) is 5.56 Å². The number of halogens is 1. The van der Waals surface area contributed by atoms with Gasteiger partial charge < -0.3 is 0 Å². The molecule has 0 aliphatic heterocycles. The van der Waals surface area contributed by atoms with Gasteiger partial charge in [-0.1, -0.05) is 29.3 Å². The molecule has 1 aromatic heterocycles. The third kappa shape index (κ3) is 3.64. The van der Waals surface area contributed by atoms with Crippen LogP contribution in [0.3, 0.4) is 0 Å². The lowest BCUT2D eigenvalue weighted by molar-refractivity contribution is 0.589. The molecule has 0 spiro atoms. The molecule has 2 aromatic carbocycles. The first-order chi connectivity index (χ1) is 12.4. The summed E-state index contributed by atoms with van der Waals surface area (Å²) < 4.78 is 28.5. The van der Waals surface area contributed by atoms with Crippen LogP contribution in [-0.4, -0.2) is 34.3 Å². The van der Waals surface area contributed by atoms with Crippen molar-refractivity contribution in [2.75, 3.05) is 12.5 Å². The van der Waals surface area contributed by atoms with E-state index in [2.05, 4.69) is 9.98 Å². The fourth-order valence-electron chi connectivity index (χ4n) is 2.40. The lowest BCUT2D eigenvalue weighted by Crippen LogP contribution is -2.13. The van der Waals surface area contributed by atoms with E-state index in [-0.39, 0.29) is 10.8 Å². The summed E-state index contributed by atoms with van der Waals surface area (Å²) in [5.41, 5.74) is 1.90. The Hall–Kier alpha value is -1.48. The Labute approximate surface area is 165 Å². The molecule has 136 valence electrons. The molecule has 0 bridgehead atoms. The number of imidazole rings is 1. The monoisotopic (exact) mass is 425 g/mol. The number of thioether (sulfide) groups is 2. The van der Waals surface area contributed by atoms with Gasteiger partial charge >= 0.3 is 0 Å². The van der Waals surface area contributed by atoms with Gasteiger partial charge in [0, 0.05) is 5.02 Å². The number of hydrogen-bond donors (Lipinski definition) is 0. The number of aromatic nitrogens is 2. The molecule has 0 radical (unpaired) electrons. The lowest BCUT2D eigenvalue weighted by Gasteiger charge is -2.09. The van der Waals surface area contributed by atoms with Gasteiger partial charge in [0.25, 0.3) is 10.0 Å². The SMILES string of the molecule is CSC(=Nc1nc2cc(Cl)ccc2n1S(=O)(=O)c1ccc(C)cc1)SC. The summed E-state index contributed by atoms with van der Waals surface area (Å²) in [6.07, 6.45) is 3.77. The quantitative estimate of drug-likeness (QED) is 0.438. The Morgan fingerprint density at radius 1 is 1.12 bits per heavy atom. The van der Waals surface area contributed by atoms with E-state index in [9.17, 15) is 8.42 Å². The van der Waals surface area contributed by atoms with Gasteiger partial charge in [-0.15, -0.1) is 23.5 Å². The molecular formula is C17H16ClN3O2S3. The van der Waals surface area contributed by atoms with E-state index in [1.807, 2.05) is 19.4 Å². The van der Waals surface area contributed by atoms with Crippen molar-refractivity contribution in [3.8, 4) is 0 Å². The molecule has 0 amide bonds. The highest BCUT2D eigenvalue weighted by atomic mass is 35.5. The number of fused-ring (bicyclic) bond motifs is 1. The molecule has 1 heterocycles. The van der Waals surface area contributed by atoms with Crippen molar-refractivity contribution in [3.05, 3.63) is 53.1 Å². The molecular weight excluding hydrogens is 410 g/mol. The van der Waals surface area contributed by atoms with Crippen molar-refractivity contribution in [2.45, 2.75) is 11.8 Å². The van der Waals surface area contributed by atoms with Crippen LogP contribution < -0.4 is 0 Å². The third-order valence-corrected chi connectivity index (χ3v) is 7.48. The fraction of sp³-hybridized carbons (Fsp3) is 0.176. The summed E-state index contributed by atoms with van der Waals surface area (Å²) in [6.45, 7) is 1.91. The molecule has 0 fully saturated rings. The number of hydrogen-bond acceptors (Lipinski definition) is 6. The molecule has 0 unspecified atom stereocenters. The minimum Gasteiger partial charge on any atom is -0.210 e. The maximum atomic E-state index is 13.3. The average Bonchev–Trinajstić information content (AvgIpc) is 2.97. The van der Waals surface area contributed by atoms with Gasteiger partial charge in [-0.05, 0) is 49.8 Å². The number of aliphatic imine (C=N–C) groups is 1. The largest absolute Gasteiger partial charge is 0.271 e. The standard InChI is InChI=1S/C17H16ClN3O2S3/c1-11-4-7-13(8-5-11)26(22,23)21-15-9-6-12(18)10-14(15)19-16(21)20-17(24-2)25-3/h4-10H,1-3H3. The minimum absolute atomic E-state index is 0.113. The molecule has 5 nitrogen and oxygen atoms in total. The van der Waals surface area contributed by atoms with Crippen LogP contribution in [0.1, 0.15) is 5.56 Å². The highest BCUT2D eigenvalue weighted by Gasteiger charge is 2.24. The fourth-order valence-corrected chi connectivity index (χ4v) is 4.98. The van der Waals surface area contributed by atoms with Crippen LogP contribution in [0.5, 0.6) is 0 Å². The molecule has 3 rings (SSSR count). The molecule has 26 heavy (non-hydrogen) atoms. The first-order valence-electron chi connectivity index (χ1n) is 7.53. The Morgan fingerprint density at radius 3 is 2.38 bits per heavy atom. The van der Waals surface area contributed by atoms with Crippen molar-refractivity contribution in [2.24, 2.45) is 4.99 Å². The van der Waals surface area contributed by atoms with Crippen molar-refractivity contribution in [3.63, 3.8) is 0 Å². The summed E-state index contributed by atoms with van der Waals surface area (Å²) in [5, 5.41) is 0.486. The molecule has 3 aromatic rings. The van der Waals surface area contributed by atoms with Crippen LogP contribution in [0.2, 0.25) is 5.02 Å². The number of aryl methyl sites for hydroxylation is 1. The van der Waals surface area contributed by atoms with Crippen LogP contribution in [0.4, 0.5) is 5.95 Å². The predicted octanol–water partition coefficient (Wildman–Crippen LogP) is 4.95. The van der Waals surface area contributed by atoms with Gasteiger partial charge in [0.05, 0.1) is 15.9 Å². The van der Waals surface area contributed by atoms with Gasteiger partial charge in [0.15, 0.2) is 0 Å². The second-order valence-corrected chi connectivity index (χ2v) is 9.48. The van der Waals surface area contributed by atoms with Gasteiger partial charge in [0.1, 0.15) is 4.38 Å². The van der Waals surface area contributed by atoms with E-state index in [0.29, 0.717) is 20.4 Å². The summed E-state index contributed by atoms with van der Waals surface area (Å²) in [4.78, 5) is 9.03. The zero-order chi connectivity index (χ0) is 18.9. The van der Waals surface area contributed by atoms with Crippen LogP contribution in [0.15, 0.2) is 52.4 Å². The first-order valence-corrected chi connectivity index (χ1v) is 11.8. The Morgan fingerprint density at radius 2 is 1.77 bits per heavy atom. The van der Waals surface area contributed by atoms with Gasteiger partial charge in [-0.2, -0.15) is 8.96 Å². The second-order valence-electron chi connectivity index (χ2n) is 5.41. The van der Waals surface area contributed by atoms with Crippen LogP contribution in [-0.2, 0) is 10.0 Å². The highest BCUT2D eigenvalue weighted by Crippen LogP contribution is 2.30. The Kier molecular flexibility index (Phi) is 5.67. The topological polar surface area (TPSA) is 64.3 Å². The maximum Gasteiger partial charge on any atom is 0.271 e. The molecule has 0 saturated heterocycles. The third-order valence-electron chi connectivity index (χ3n) is 3.66. The van der Waals surface area contributed by atoms with Crippen molar-refractivity contribution in [1.29, 1.82) is 0 Å². The number of nitrogens with zero attached hydrogens (tertiary/aromatic N) is 3. The minimum atomic E-state index is -3.86. The van der Waals surface area contributed by atoms with Gasteiger partial charge in [0.2, 0.25) is 5.95 Å². The molecule has 0 saturated carbocycles. The van der Waals surface area contributed by atoms with Gasteiger partial charge in [-0.25, -0.2) is 13.4 Å². The van der Waals surface area contributed by atoms with E-state index >= 15 is 0 Å². The van der Waals surface area contributed by atoms with E-state index in [1.54, 1.807) is 42.5 Å². The summed E-state index contributed by atoms with van der Waals surface area (Å²) in [6, 6.07) is 11.6. The van der Waals surface area contributed by atoms with E-state index in [1.165, 1.54) is 27.5 Å². The average molecular weight is 426 g/mol. The maximum absolute atomic E-state index is 13.3. The molecule has 0 atom stereocenters. The number of rotatable bonds is 3. The van der Waals surface area contributed by atoms with Crippen molar-refractivity contribution in [1.82, 2.24) is 8.96 Å². The molecule has 0 N–H and O–H groups in total. The smallest absolute Gasteiger partial charge is 0.210 e. The Bertz CT molecular complexity index is 1080. The molecule has 0 aliphatic rings. The van der Waals surface area contributed by atoms with Crippen LogP contribution in [0.25, 0.3) is 11.0 Å². The van der Waals surface area contributed by atoms with Crippen molar-refractivity contribution >= 4 is 66.5 Å². The Balaban J connectivity index is 2.32. The van der Waals surface area contributed by atoms with Crippen LogP contribution in [0, 0.1) is 6.92 Å².